The highest BCUT2D eigenvalue weighted by Crippen LogP contribution is 2.34. The number of para-hydroxylation sites is 1. The van der Waals surface area contributed by atoms with Crippen molar-refractivity contribution in [2.45, 2.75) is 13.0 Å². The monoisotopic (exact) mass is 479 g/mol. The maximum Gasteiger partial charge on any atom is 0.324 e. The maximum atomic E-state index is 13.3. The standard InChI is InChI=1S/C26H26ClN3O4/c1-33-24-12-11-21(28-25(31)18-34-22-9-3-2-4-10-22)16-23(24)30-14-6-13-29(26(30)32)17-19-7-5-8-20(27)15-19/h2-5,7-12,15-16H,6,13-14,17-18H2,1H3,(H,28,31). The Hall–Kier alpha value is -3.71. The van der Waals surface area contributed by atoms with E-state index in [2.05, 4.69) is 5.32 Å². The van der Waals surface area contributed by atoms with Crippen LogP contribution in [0.1, 0.15) is 12.0 Å². The number of methoxy groups -OCH3 is 1. The zero-order chi connectivity index (χ0) is 23.9. The average molecular weight is 480 g/mol. The summed E-state index contributed by atoms with van der Waals surface area (Å²) in [6, 6.07) is 21.7. The van der Waals surface area contributed by atoms with Crippen molar-refractivity contribution >= 4 is 34.9 Å². The van der Waals surface area contributed by atoms with Crippen molar-refractivity contribution in [2.75, 3.05) is 37.0 Å². The van der Waals surface area contributed by atoms with Crippen LogP contribution in [0, 0.1) is 0 Å². The lowest BCUT2D eigenvalue weighted by Gasteiger charge is -2.36. The van der Waals surface area contributed by atoms with E-state index in [9.17, 15) is 9.59 Å². The summed E-state index contributed by atoms with van der Waals surface area (Å²) < 4.78 is 11.0. The van der Waals surface area contributed by atoms with E-state index >= 15 is 0 Å². The minimum Gasteiger partial charge on any atom is -0.495 e. The lowest BCUT2D eigenvalue weighted by Crippen LogP contribution is -2.49. The van der Waals surface area contributed by atoms with Crippen LogP contribution in [-0.4, -0.2) is 43.6 Å². The maximum absolute atomic E-state index is 13.3. The molecule has 0 spiro atoms. The van der Waals surface area contributed by atoms with Crippen molar-refractivity contribution < 1.29 is 19.1 Å². The molecular formula is C26H26ClN3O4. The Morgan fingerprint density at radius 3 is 2.62 bits per heavy atom. The van der Waals surface area contributed by atoms with Gasteiger partial charge in [0.05, 0.1) is 12.8 Å². The van der Waals surface area contributed by atoms with E-state index in [1.54, 1.807) is 47.2 Å². The van der Waals surface area contributed by atoms with Crippen LogP contribution in [0.15, 0.2) is 72.8 Å². The number of amides is 3. The van der Waals surface area contributed by atoms with Crippen LogP contribution < -0.4 is 19.7 Å². The molecule has 0 saturated carbocycles. The van der Waals surface area contributed by atoms with Crippen molar-refractivity contribution in [1.29, 1.82) is 0 Å². The number of hydrogen-bond donors (Lipinski definition) is 1. The molecule has 3 aromatic rings. The highest BCUT2D eigenvalue weighted by molar-refractivity contribution is 6.30. The first kappa shape index (κ1) is 23.4. The number of nitrogens with zero attached hydrogens (tertiary/aromatic N) is 2. The van der Waals surface area contributed by atoms with Crippen molar-refractivity contribution in [3.05, 3.63) is 83.4 Å². The van der Waals surface area contributed by atoms with Gasteiger partial charge in [0.25, 0.3) is 5.91 Å². The summed E-state index contributed by atoms with van der Waals surface area (Å²) in [5.41, 5.74) is 2.12. The Labute approximate surface area is 203 Å². The van der Waals surface area contributed by atoms with Gasteiger partial charge in [-0.1, -0.05) is 41.9 Å². The molecule has 1 N–H and O–H groups in total. The molecule has 1 aliphatic heterocycles. The van der Waals surface area contributed by atoms with Gasteiger partial charge >= 0.3 is 6.03 Å². The van der Waals surface area contributed by atoms with Gasteiger partial charge in [-0.15, -0.1) is 0 Å². The number of ether oxygens (including phenoxy) is 2. The van der Waals surface area contributed by atoms with Gasteiger partial charge < -0.3 is 19.7 Å². The third-order valence-corrected chi connectivity index (χ3v) is 5.68. The fraction of sp³-hybridized carbons (Fsp3) is 0.231. The van der Waals surface area contributed by atoms with Gasteiger partial charge in [0.2, 0.25) is 0 Å². The second-order valence-electron chi connectivity index (χ2n) is 7.88. The molecule has 0 atom stereocenters. The van der Waals surface area contributed by atoms with E-state index in [-0.39, 0.29) is 18.5 Å². The van der Waals surface area contributed by atoms with Crippen molar-refractivity contribution in [1.82, 2.24) is 4.90 Å². The fourth-order valence-electron chi connectivity index (χ4n) is 3.85. The van der Waals surface area contributed by atoms with Crippen LogP contribution in [0.3, 0.4) is 0 Å². The number of anilines is 2. The van der Waals surface area contributed by atoms with Crippen molar-refractivity contribution in [2.24, 2.45) is 0 Å². The van der Waals surface area contributed by atoms with E-state index in [0.717, 1.165) is 12.0 Å². The van der Waals surface area contributed by atoms with Crippen molar-refractivity contribution in [3.8, 4) is 11.5 Å². The molecule has 7 nitrogen and oxygen atoms in total. The highest BCUT2D eigenvalue weighted by atomic mass is 35.5. The second-order valence-corrected chi connectivity index (χ2v) is 8.31. The number of urea groups is 1. The molecule has 0 unspecified atom stereocenters. The molecule has 8 heteroatoms. The predicted octanol–water partition coefficient (Wildman–Crippen LogP) is 5.20. The van der Waals surface area contributed by atoms with Gasteiger partial charge in [0.1, 0.15) is 11.5 Å². The summed E-state index contributed by atoms with van der Waals surface area (Å²) in [4.78, 5) is 29.2. The SMILES string of the molecule is COc1ccc(NC(=O)COc2ccccc2)cc1N1CCCN(Cc2cccc(Cl)c2)C1=O. The third kappa shape index (κ3) is 5.80. The molecule has 176 valence electrons. The number of halogens is 1. The summed E-state index contributed by atoms with van der Waals surface area (Å²) in [6.45, 7) is 1.54. The van der Waals surface area contributed by atoms with Gasteiger partial charge in [-0.3, -0.25) is 9.69 Å². The number of rotatable bonds is 8. The van der Waals surface area contributed by atoms with Gasteiger partial charge in [0.15, 0.2) is 6.61 Å². The van der Waals surface area contributed by atoms with E-state index in [1.807, 2.05) is 42.5 Å². The Morgan fingerprint density at radius 2 is 1.85 bits per heavy atom. The number of carbonyl (C=O) groups excluding carboxylic acids is 2. The molecule has 1 fully saturated rings. The average Bonchev–Trinajstić information content (AvgIpc) is 2.85. The molecule has 0 aromatic heterocycles. The Kier molecular flexibility index (Phi) is 7.54. The lowest BCUT2D eigenvalue weighted by atomic mass is 10.1. The molecule has 3 amide bonds. The fourth-order valence-corrected chi connectivity index (χ4v) is 4.06. The van der Waals surface area contributed by atoms with Gasteiger partial charge in [-0.25, -0.2) is 4.79 Å². The highest BCUT2D eigenvalue weighted by Gasteiger charge is 2.29. The summed E-state index contributed by atoms with van der Waals surface area (Å²) in [7, 11) is 1.56. The minimum absolute atomic E-state index is 0.124. The number of benzene rings is 3. The molecule has 0 aliphatic carbocycles. The normalized spacial score (nSPS) is 13.5. The van der Waals surface area contributed by atoms with Crippen LogP contribution in [0.5, 0.6) is 11.5 Å². The molecule has 34 heavy (non-hydrogen) atoms. The Bertz CT molecular complexity index is 1160. The summed E-state index contributed by atoms with van der Waals surface area (Å²) in [5, 5.41) is 3.47. The molecule has 3 aromatic carbocycles. The topological polar surface area (TPSA) is 71.1 Å². The van der Waals surface area contributed by atoms with Crippen LogP contribution >= 0.6 is 11.6 Å². The van der Waals surface area contributed by atoms with E-state index in [0.29, 0.717) is 47.5 Å². The smallest absolute Gasteiger partial charge is 0.324 e. The number of nitrogens with one attached hydrogen (secondary N) is 1. The summed E-state index contributed by atoms with van der Waals surface area (Å²) in [5.74, 6) is 0.871. The number of carbonyl (C=O) groups is 2. The lowest BCUT2D eigenvalue weighted by molar-refractivity contribution is -0.118. The first-order valence-corrected chi connectivity index (χ1v) is 11.4. The molecule has 0 bridgehead atoms. The quantitative estimate of drug-likeness (QED) is 0.482. The van der Waals surface area contributed by atoms with Crippen LogP contribution in [0.4, 0.5) is 16.2 Å². The molecular weight excluding hydrogens is 454 g/mol. The van der Waals surface area contributed by atoms with Gasteiger partial charge in [-0.05, 0) is 54.4 Å². The largest absolute Gasteiger partial charge is 0.495 e. The molecule has 0 radical (unpaired) electrons. The molecule has 1 aliphatic rings. The van der Waals surface area contributed by atoms with E-state index in [1.165, 1.54) is 0 Å². The first-order chi connectivity index (χ1) is 16.5. The Morgan fingerprint density at radius 1 is 1.03 bits per heavy atom. The van der Waals surface area contributed by atoms with E-state index < -0.39 is 0 Å². The first-order valence-electron chi connectivity index (χ1n) is 11.0. The molecule has 1 heterocycles. The minimum atomic E-state index is -0.299. The van der Waals surface area contributed by atoms with Crippen molar-refractivity contribution in [3.63, 3.8) is 0 Å². The zero-order valence-corrected chi connectivity index (χ0v) is 19.6. The second kappa shape index (κ2) is 10.9. The Balaban J connectivity index is 1.47. The van der Waals surface area contributed by atoms with Crippen LogP contribution in [0.25, 0.3) is 0 Å². The zero-order valence-electron chi connectivity index (χ0n) is 18.9. The molecule has 1 saturated heterocycles. The van der Waals surface area contributed by atoms with Crippen LogP contribution in [0.2, 0.25) is 5.02 Å². The summed E-state index contributed by atoms with van der Waals surface area (Å²) in [6.07, 6.45) is 0.803. The predicted molar refractivity (Wildman–Crippen MR) is 133 cm³/mol. The third-order valence-electron chi connectivity index (χ3n) is 5.44. The van der Waals surface area contributed by atoms with Gasteiger partial charge in [0, 0.05) is 30.3 Å². The molecule has 4 rings (SSSR count). The van der Waals surface area contributed by atoms with E-state index in [4.69, 9.17) is 21.1 Å². The van der Waals surface area contributed by atoms with Gasteiger partial charge in [-0.2, -0.15) is 0 Å². The summed E-state index contributed by atoms with van der Waals surface area (Å²) >= 11 is 6.11. The number of hydrogen-bond acceptors (Lipinski definition) is 4. The van der Waals surface area contributed by atoms with Crippen LogP contribution in [-0.2, 0) is 11.3 Å².